The average Bonchev–Trinajstić information content (AvgIpc) is 3.06. The maximum Gasteiger partial charge on any atom is 0.264 e. The molecule has 1 aromatic heterocycles. The SMILES string of the molecule is Cc1ccc(C(C)C)c(OC(C)C(=O)N2CCNCC2c2nccn2C)c1. The number of imidazole rings is 1. The van der Waals surface area contributed by atoms with Gasteiger partial charge in [-0.05, 0) is 37.0 Å². The molecule has 0 bridgehead atoms. The highest BCUT2D eigenvalue weighted by molar-refractivity contribution is 5.81. The number of nitrogens with one attached hydrogen (secondary N) is 1. The molecule has 1 N–H and O–H groups in total. The molecule has 2 atom stereocenters. The van der Waals surface area contributed by atoms with Crippen molar-refractivity contribution in [2.75, 3.05) is 19.6 Å². The van der Waals surface area contributed by atoms with Gasteiger partial charge in [-0.1, -0.05) is 26.0 Å². The largest absolute Gasteiger partial charge is 0.481 e. The van der Waals surface area contributed by atoms with Gasteiger partial charge in [-0.3, -0.25) is 4.79 Å². The molecule has 1 aromatic carbocycles. The minimum Gasteiger partial charge on any atom is -0.481 e. The van der Waals surface area contributed by atoms with E-state index in [9.17, 15) is 4.79 Å². The summed E-state index contributed by atoms with van der Waals surface area (Å²) in [6.45, 7) is 10.3. The van der Waals surface area contributed by atoms with Gasteiger partial charge in [0.1, 0.15) is 17.6 Å². The minimum atomic E-state index is -0.551. The second kappa shape index (κ2) is 8.13. The highest BCUT2D eigenvalue weighted by Gasteiger charge is 2.33. The van der Waals surface area contributed by atoms with Gasteiger partial charge in [0.25, 0.3) is 5.91 Å². The zero-order valence-corrected chi connectivity index (χ0v) is 16.9. The first kappa shape index (κ1) is 19.4. The molecule has 6 nitrogen and oxygen atoms in total. The summed E-state index contributed by atoms with van der Waals surface area (Å²) in [6, 6.07) is 6.11. The van der Waals surface area contributed by atoms with Crippen molar-refractivity contribution >= 4 is 5.91 Å². The van der Waals surface area contributed by atoms with E-state index in [1.165, 1.54) is 0 Å². The van der Waals surface area contributed by atoms with Crippen LogP contribution in [0.5, 0.6) is 5.75 Å². The molecule has 0 aliphatic carbocycles. The quantitative estimate of drug-likeness (QED) is 0.879. The summed E-state index contributed by atoms with van der Waals surface area (Å²) < 4.78 is 8.13. The average molecular weight is 370 g/mol. The molecule has 2 unspecified atom stereocenters. The molecule has 1 amide bonds. The third kappa shape index (κ3) is 4.16. The lowest BCUT2D eigenvalue weighted by atomic mass is 10.0. The topological polar surface area (TPSA) is 59.4 Å². The van der Waals surface area contributed by atoms with E-state index in [1.807, 2.05) is 42.6 Å². The van der Waals surface area contributed by atoms with E-state index >= 15 is 0 Å². The number of hydrogen-bond acceptors (Lipinski definition) is 4. The fraction of sp³-hybridized carbons (Fsp3) is 0.524. The maximum absolute atomic E-state index is 13.2. The summed E-state index contributed by atoms with van der Waals surface area (Å²) in [7, 11) is 1.96. The van der Waals surface area contributed by atoms with Crippen LogP contribution < -0.4 is 10.1 Å². The smallest absolute Gasteiger partial charge is 0.264 e. The predicted molar refractivity (Wildman–Crippen MR) is 106 cm³/mol. The second-order valence-corrected chi connectivity index (χ2v) is 7.60. The van der Waals surface area contributed by atoms with Gasteiger partial charge in [-0.15, -0.1) is 0 Å². The van der Waals surface area contributed by atoms with Gasteiger partial charge in [0.05, 0.1) is 0 Å². The zero-order chi connectivity index (χ0) is 19.6. The lowest BCUT2D eigenvalue weighted by Gasteiger charge is -2.37. The van der Waals surface area contributed by atoms with Crippen LogP contribution in [0.25, 0.3) is 0 Å². The van der Waals surface area contributed by atoms with E-state index < -0.39 is 6.10 Å². The molecule has 0 spiro atoms. The normalized spacial score (nSPS) is 18.6. The lowest BCUT2D eigenvalue weighted by Crippen LogP contribution is -2.52. The number of carbonyl (C=O) groups excluding carboxylic acids is 1. The van der Waals surface area contributed by atoms with Crippen LogP contribution in [0.1, 0.15) is 49.7 Å². The van der Waals surface area contributed by atoms with E-state index in [0.717, 1.165) is 29.2 Å². The van der Waals surface area contributed by atoms with Gasteiger partial charge in [-0.2, -0.15) is 0 Å². The molecule has 146 valence electrons. The summed E-state index contributed by atoms with van der Waals surface area (Å²) in [6.07, 6.45) is 3.13. The molecule has 2 aromatic rings. The maximum atomic E-state index is 13.2. The van der Waals surface area contributed by atoms with Gasteiger partial charge in [0.15, 0.2) is 6.10 Å². The van der Waals surface area contributed by atoms with E-state index in [1.54, 1.807) is 6.20 Å². The number of ether oxygens (including phenoxy) is 1. The fourth-order valence-electron chi connectivity index (χ4n) is 3.59. The molecule has 1 aliphatic rings. The van der Waals surface area contributed by atoms with Crippen molar-refractivity contribution in [3.8, 4) is 5.75 Å². The van der Waals surface area contributed by atoms with Crippen molar-refractivity contribution in [1.82, 2.24) is 19.8 Å². The van der Waals surface area contributed by atoms with E-state index in [4.69, 9.17) is 4.74 Å². The Morgan fingerprint density at radius 1 is 1.33 bits per heavy atom. The lowest BCUT2D eigenvalue weighted by molar-refractivity contribution is -0.141. The van der Waals surface area contributed by atoms with Crippen molar-refractivity contribution in [2.45, 2.75) is 45.8 Å². The number of benzene rings is 1. The Hall–Kier alpha value is -2.34. The van der Waals surface area contributed by atoms with Crippen LogP contribution in [0.2, 0.25) is 0 Å². The van der Waals surface area contributed by atoms with Crippen molar-refractivity contribution in [2.24, 2.45) is 7.05 Å². The van der Waals surface area contributed by atoms with Crippen LogP contribution in [0.4, 0.5) is 0 Å². The van der Waals surface area contributed by atoms with E-state index in [2.05, 4.69) is 36.3 Å². The summed E-state index contributed by atoms with van der Waals surface area (Å²) >= 11 is 0. The highest BCUT2D eigenvalue weighted by Crippen LogP contribution is 2.29. The second-order valence-electron chi connectivity index (χ2n) is 7.60. The van der Waals surface area contributed by atoms with Crippen molar-refractivity contribution in [3.05, 3.63) is 47.5 Å². The predicted octanol–water partition coefficient (Wildman–Crippen LogP) is 2.79. The Balaban J connectivity index is 1.80. The van der Waals surface area contributed by atoms with Crippen LogP contribution in [-0.2, 0) is 11.8 Å². The van der Waals surface area contributed by atoms with Crippen molar-refractivity contribution in [3.63, 3.8) is 0 Å². The molecular weight excluding hydrogens is 340 g/mol. The van der Waals surface area contributed by atoms with Gasteiger partial charge in [-0.25, -0.2) is 4.98 Å². The Bertz CT molecular complexity index is 799. The molecule has 1 fully saturated rings. The van der Waals surface area contributed by atoms with Crippen LogP contribution >= 0.6 is 0 Å². The molecular formula is C21H30N4O2. The number of aryl methyl sites for hydroxylation is 2. The van der Waals surface area contributed by atoms with Crippen LogP contribution in [0, 0.1) is 6.92 Å². The number of piperazine rings is 1. The highest BCUT2D eigenvalue weighted by atomic mass is 16.5. The number of rotatable bonds is 5. The summed E-state index contributed by atoms with van der Waals surface area (Å²) in [5.74, 6) is 2.03. The standard InChI is InChI=1S/C21H30N4O2/c1-14(2)17-7-6-15(3)12-19(17)27-16(4)21(26)25-11-8-22-13-18(25)20-23-9-10-24(20)5/h6-7,9-10,12,14,16,18,22H,8,11,13H2,1-5H3. The molecule has 6 heteroatoms. The minimum absolute atomic E-state index is 0.000659. The molecule has 3 rings (SSSR count). The molecule has 2 heterocycles. The van der Waals surface area contributed by atoms with E-state index in [0.29, 0.717) is 19.0 Å². The fourth-order valence-corrected chi connectivity index (χ4v) is 3.59. The first-order chi connectivity index (χ1) is 12.9. The molecule has 27 heavy (non-hydrogen) atoms. The third-order valence-electron chi connectivity index (χ3n) is 5.13. The Morgan fingerprint density at radius 3 is 2.78 bits per heavy atom. The van der Waals surface area contributed by atoms with Gasteiger partial charge < -0.3 is 19.5 Å². The van der Waals surface area contributed by atoms with Gasteiger partial charge >= 0.3 is 0 Å². The van der Waals surface area contributed by atoms with Gasteiger partial charge in [0.2, 0.25) is 0 Å². The number of amides is 1. The summed E-state index contributed by atoms with van der Waals surface area (Å²) in [4.78, 5) is 19.6. The first-order valence-electron chi connectivity index (χ1n) is 9.64. The zero-order valence-electron chi connectivity index (χ0n) is 16.9. The van der Waals surface area contributed by atoms with Crippen molar-refractivity contribution in [1.29, 1.82) is 0 Å². The van der Waals surface area contributed by atoms with Gasteiger partial charge in [0, 0.05) is 39.1 Å². The Labute approximate surface area is 161 Å². The van der Waals surface area contributed by atoms with Crippen molar-refractivity contribution < 1.29 is 9.53 Å². The Morgan fingerprint density at radius 2 is 2.11 bits per heavy atom. The number of nitrogens with zero attached hydrogens (tertiary/aromatic N) is 3. The summed E-state index contributed by atoms with van der Waals surface area (Å²) in [5.41, 5.74) is 2.25. The number of hydrogen-bond donors (Lipinski definition) is 1. The molecule has 0 saturated carbocycles. The van der Waals surface area contributed by atoms with Crippen LogP contribution in [0.3, 0.4) is 0 Å². The number of aromatic nitrogens is 2. The first-order valence-corrected chi connectivity index (χ1v) is 9.64. The molecule has 0 radical (unpaired) electrons. The van der Waals surface area contributed by atoms with Crippen LogP contribution in [0.15, 0.2) is 30.6 Å². The summed E-state index contributed by atoms with van der Waals surface area (Å²) in [5, 5.41) is 3.37. The monoisotopic (exact) mass is 370 g/mol. The molecule has 1 aliphatic heterocycles. The Kier molecular flexibility index (Phi) is 5.85. The van der Waals surface area contributed by atoms with E-state index in [-0.39, 0.29) is 11.9 Å². The molecule has 1 saturated heterocycles. The third-order valence-corrected chi connectivity index (χ3v) is 5.13. The number of carbonyl (C=O) groups is 1. The van der Waals surface area contributed by atoms with Crippen LogP contribution in [-0.4, -0.2) is 46.1 Å².